The predicted molar refractivity (Wildman–Crippen MR) is 105 cm³/mol. The Morgan fingerprint density at radius 3 is 2.52 bits per heavy atom. The van der Waals surface area contributed by atoms with Crippen LogP contribution in [0.25, 0.3) is 0 Å². The highest BCUT2D eigenvalue weighted by Gasteiger charge is 2.57. The number of methoxy groups -OCH3 is 1. The van der Waals surface area contributed by atoms with Gasteiger partial charge in [-0.25, -0.2) is 4.79 Å². The smallest absolute Gasteiger partial charge is 0.320 e. The van der Waals surface area contributed by atoms with Crippen molar-refractivity contribution in [1.29, 1.82) is 0 Å². The third-order valence-electron chi connectivity index (χ3n) is 7.77. The molecule has 27 heavy (non-hydrogen) atoms. The Hall–Kier alpha value is -1.91. The SMILES string of the molecule is COc1cc2c(cc1O)C1(C)CCN(C(=O)N3CCCCC3)C(C2)C1(C)C. The van der Waals surface area contributed by atoms with E-state index in [0.29, 0.717) is 5.75 Å². The molecule has 1 aromatic rings. The van der Waals surface area contributed by atoms with E-state index in [1.165, 1.54) is 17.5 Å². The van der Waals surface area contributed by atoms with Crippen molar-refractivity contribution in [3.63, 3.8) is 0 Å². The second kappa shape index (κ2) is 6.32. The lowest BCUT2D eigenvalue weighted by Crippen LogP contribution is -2.66. The lowest BCUT2D eigenvalue weighted by atomic mass is 9.51. The number of carbonyl (C=O) groups excluding carboxylic acids is 1. The Balaban J connectivity index is 1.73. The van der Waals surface area contributed by atoms with E-state index in [1.807, 2.05) is 12.1 Å². The van der Waals surface area contributed by atoms with Crippen molar-refractivity contribution < 1.29 is 14.6 Å². The third-order valence-corrected chi connectivity index (χ3v) is 7.77. The fraction of sp³-hybridized carbons (Fsp3) is 0.682. The minimum Gasteiger partial charge on any atom is -0.504 e. The van der Waals surface area contributed by atoms with Gasteiger partial charge >= 0.3 is 6.03 Å². The number of amides is 2. The summed E-state index contributed by atoms with van der Waals surface area (Å²) in [5, 5.41) is 10.4. The van der Waals surface area contributed by atoms with E-state index in [0.717, 1.165) is 45.3 Å². The monoisotopic (exact) mass is 372 g/mol. The number of rotatable bonds is 1. The molecule has 2 amide bonds. The number of nitrogens with zero attached hydrogens (tertiary/aromatic N) is 2. The van der Waals surface area contributed by atoms with E-state index in [2.05, 4.69) is 30.6 Å². The van der Waals surface area contributed by atoms with Crippen molar-refractivity contribution in [2.24, 2.45) is 5.41 Å². The van der Waals surface area contributed by atoms with Crippen LogP contribution in [0.4, 0.5) is 4.79 Å². The Kier molecular flexibility index (Phi) is 4.32. The highest BCUT2D eigenvalue weighted by atomic mass is 16.5. The first-order valence-electron chi connectivity index (χ1n) is 10.3. The van der Waals surface area contributed by atoms with Crippen molar-refractivity contribution in [3.8, 4) is 11.5 Å². The number of benzene rings is 1. The number of aromatic hydroxyl groups is 1. The lowest BCUT2D eigenvalue weighted by Gasteiger charge is -2.61. The van der Waals surface area contributed by atoms with Crippen LogP contribution in [0, 0.1) is 5.41 Å². The normalized spacial score (nSPS) is 29.3. The van der Waals surface area contributed by atoms with Gasteiger partial charge in [-0.2, -0.15) is 0 Å². The van der Waals surface area contributed by atoms with Gasteiger partial charge in [-0.1, -0.05) is 20.8 Å². The van der Waals surface area contributed by atoms with Gasteiger partial charge in [0.1, 0.15) is 0 Å². The summed E-state index contributed by atoms with van der Waals surface area (Å²) in [6.07, 6.45) is 5.19. The van der Waals surface area contributed by atoms with Crippen LogP contribution in [0.3, 0.4) is 0 Å². The summed E-state index contributed by atoms with van der Waals surface area (Å²) in [6, 6.07) is 4.24. The van der Waals surface area contributed by atoms with Crippen LogP contribution in [0.5, 0.6) is 11.5 Å². The van der Waals surface area contributed by atoms with Gasteiger partial charge in [-0.3, -0.25) is 0 Å². The molecule has 2 saturated heterocycles. The Labute approximate surface area is 162 Å². The highest BCUT2D eigenvalue weighted by Crippen LogP contribution is 2.57. The molecule has 5 nitrogen and oxygen atoms in total. The van der Waals surface area contributed by atoms with Gasteiger partial charge in [0.05, 0.1) is 7.11 Å². The van der Waals surface area contributed by atoms with Crippen molar-refractivity contribution in [2.45, 2.75) is 64.3 Å². The molecule has 0 aromatic heterocycles. The van der Waals surface area contributed by atoms with Crippen LogP contribution in [0.1, 0.15) is 57.6 Å². The topological polar surface area (TPSA) is 53.0 Å². The molecular formula is C22H32N2O3. The number of carbonyl (C=O) groups is 1. The molecule has 0 radical (unpaired) electrons. The minimum atomic E-state index is -0.0757. The predicted octanol–water partition coefficient (Wildman–Crippen LogP) is 3.92. The number of urea groups is 1. The molecule has 3 aliphatic rings. The number of phenols is 1. The van der Waals surface area contributed by atoms with Crippen LogP contribution < -0.4 is 4.74 Å². The molecule has 1 N–H and O–H groups in total. The molecule has 2 heterocycles. The van der Waals surface area contributed by atoms with Crippen LogP contribution in [0.2, 0.25) is 0 Å². The fourth-order valence-electron chi connectivity index (χ4n) is 5.59. The molecule has 1 aromatic carbocycles. The average molecular weight is 373 g/mol. The number of piperidine rings is 2. The van der Waals surface area contributed by atoms with Gasteiger partial charge in [0, 0.05) is 31.1 Å². The summed E-state index contributed by atoms with van der Waals surface area (Å²) in [5.74, 6) is 0.725. The molecule has 2 atom stereocenters. The van der Waals surface area contributed by atoms with E-state index in [1.54, 1.807) is 7.11 Å². The van der Waals surface area contributed by atoms with Crippen LogP contribution in [0.15, 0.2) is 12.1 Å². The standard InChI is InChI=1S/C22H32N2O3/c1-21(2)19-13-15-12-18(27-4)17(25)14-16(15)22(21,3)8-11-24(19)20(26)23-9-6-5-7-10-23/h12,14,19,25H,5-11,13H2,1-4H3. The number of hydrogen-bond acceptors (Lipinski definition) is 3. The van der Waals surface area contributed by atoms with Crippen molar-refractivity contribution in [3.05, 3.63) is 23.3 Å². The first-order chi connectivity index (χ1) is 12.8. The van der Waals surface area contributed by atoms with Crippen molar-refractivity contribution in [2.75, 3.05) is 26.7 Å². The van der Waals surface area contributed by atoms with Gasteiger partial charge in [0.2, 0.25) is 0 Å². The molecule has 2 fully saturated rings. The first kappa shape index (κ1) is 18.5. The zero-order valence-corrected chi connectivity index (χ0v) is 17.0. The Bertz CT molecular complexity index is 754. The van der Waals surface area contributed by atoms with Gasteiger partial charge in [-0.15, -0.1) is 0 Å². The number of hydrogen-bond donors (Lipinski definition) is 1. The molecule has 2 aliphatic heterocycles. The molecule has 148 valence electrons. The quantitative estimate of drug-likeness (QED) is 0.813. The van der Waals surface area contributed by atoms with E-state index in [-0.39, 0.29) is 28.7 Å². The summed E-state index contributed by atoms with van der Waals surface area (Å²) in [5.41, 5.74) is 2.28. The largest absolute Gasteiger partial charge is 0.504 e. The van der Waals surface area contributed by atoms with E-state index < -0.39 is 0 Å². The van der Waals surface area contributed by atoms with Crippen molar-refractivity contribution in [1.82, 2.24) is 9.80 Å². The fourth-order valence-corrected chi connectivity index (χ4v) is 5.59. The van der Waals surface area contributed by atoms with E-state index in [9.17, 15) is 9.90 Å². The maximum atomic E-state index is 13.3. The molecule has 1 aliphatic carbocycles. The average Bonchev–Trinajstić information content (AvgIpc) is 2.65. The molecule has 0 spiro atoms. The maximum absolute atomic E-state index is 13.3. The van der Waals surface area contributed by atoms with Crippen molar-refractivity contribution >= 4 is 6.03 Å². The second-order valence-electron chi connectivity index (χ2n) is 9.23. The number of fused-ring (bicyclic) bond motifs is 4. The molecule has 0 saturated carbocycles. The number of ether oxygens (including phenoxy) is 1. The molecular weight excluding hydrogens is 340 g/mol. The highest BCUT2D eigenvalue weighted by molar-refractivity contribution is 5.75. The van der Waals surface area contributed by atoms with Gasteiger partial charge < -0.3 is 19.6 Å². The minimum absolute atomic E-state index is 0.0648. The van der Waals surface area contributed by atoms with Gasteiger partial charge in [0.25, 0.3) is 0 Å². The zero-order valence-electron chi connectivity index (χ0n) is 17.0. The second-order valence-corrected chi connectivity index (χ2v) is 9.23. The van der Waals surface area contributed by atoms with E-state index in [4.69, 9.17) is 4.74 Å². The summed E-state index contributed by atoms with van der Waals surface area (Å²) in [7, 11) is 1.59. The summed E-state index contributed by atoms with van der Waals surface area (Å²) < 4.78 is 5.35. The first-order valence-corrected chi connectivity index (χ1v) is 10.3. The van der Waals surface area contributed by atoms with E-state index >= 15 is 0 Å². The maximum Gasteiger partial charge on any atom is 0.320 e. The van der Waals surface area contributed by atoms with Crippen LogP contribution in [-0.4, -0.2) is 53.7 Å². The summed E-state index contributed by atoms with van der Waals surface area (Å²) in [6.45, 7) is 9.43. The summed E-state index contributed by atoms with van der Waals surface area (Å²) >= 11 is 0. The third kappa shape index (κ3) is 2.61. The number of likely N-dealkylation sites (tertiary alicyclic amines) is 2. The Morgan fingerprint density at radius 1 is 1.15 bits per heavy atom. The van der Waals surface area contributed by atoms with Crippen LogP contribution >= 0.6 is 0 Å². The van der Waals surface area contributed by atoms with Gasteiger partial charge in [-0.05, 0) is 60.8 Å². The lowest BCUT2D eigenvalue weighted by molar-refractivity contribution is -0.0243. The molecule has 4 rings (SSSR count). The number of phenolic OH excluding ortho intramolecular Hbond substituents is 1. The zero-order chi connectivity index (χ0) is 19.4. The molecule has 2 unspecified atom stereocenters. The summed E-state index contributed by atoms with van der Waals surface area (Å²) in [4.78, 5) is 17.5. The van der Waals surface area contributed by atoms with Crippen LogP contribution in [-0.2, 0) is 11.8 Å². The Morgan fingerprint density at radius 2 is 1.85 bits per heavy atom. The van der Waals surface area contributed by atoms with Gasteiger partial charge in [0.15, 0.2) is 11.5 Å². The molecule has 5 heteroatoms. The molecule has 2 bridgehead atoms.